The Hall–Kier alpha value is -2.16. The Morgan fingerprint density at radius 3 is 2.50 bits per heavy atom. The number of nitrogen functional groups attached to an aromatic ring is 1. The molecule has 0 aliphatic carbocycles. The Balaban J connectivity index is 2.03. The second kappa shape index (κ2) is 4.57. The molecule has 2 aromatic rings. The zero-order valence-electron chi connectivity index (χ0n) is 8.76. The van der Waals surface area contributed by atoms with Crippen LogP contribution in [0.1, 0.15) is 5.56 Å². The van der Waals surface area contributed by atoms with Gasteiger partial charge in [-0.3, -0.25) is 0 Å². The Kier molecular flexibility index (Phi) is 2.96. The minimum atomic E-state index is 0.0760. The first-order chi connectivity index (χ1) is 7.75. The standard InChI is InChI=1S/C13H13NO2/c14-12-8-11(6-7-13(12)15)16-9-10-4-2-1-3-5-10/h1-8,15H,9,14H2. The second-order valence-electron chi connectivity index (χ2n) is 3.49. The van der Waals surface area contributed by atoms with Gasteiger partial charge in [-0.15, -0.1) is 0 Å². The van der Waals surface area contributed by atoms with Crippen LogP contribution in [0.4, 0.5) is 5.69 Å². The van der Waals surface area contributed by atoms with Crippen molar-refractivity contribution in [2.24, 2.45) is 0 Å². The van der Waals surface area contributed by atoms with Gasteiger partial charge in [0.1, 0.15) is 18.1 Å². The van der Waals surface area contributed by atoms with E-state index in [1.54, 1.807) is 12.1 Å². The van der Waals surface area contributed by atoms with Crippen LogP contribution in [0.15, 0.2) is 48.5 Å². The van der Waals surface area contributed by atoms with Gasteiger partial charge in [0.05, 0.1) is 5.69 Å². The quantitative estimate of drug-likeness (QED) is 0.611. The van der Waals surface area contributed by atoms with E-state index in [0.29, 0.717) is 18.0 Å². The highest BCUT2D eigenvalue weighted by Crippen LogP contribution is 2.25. The van der Waals surface area contributed by atoms with Crippen molar-refractivity contribution in [3.8, 4) is 11.5 Å². The van der Waals surface area contributed by atoms with Crippen LogP contribution in [0.2, 0.25) is 0 Å². The molecule has 0 atom stereocenters. The third kappa shape index (κ3) is 2.45. The summed E-state index contributed by atoms with van der Waals surface area (Å²) in [4.78, 5) is 0. The summed E-state index contributed by atoms with van der Waals surface area (Å²) in [6.07, 6.45) is 0. The summed E-state index contributed by atoms with van der Waals surface area (Å²) >= 11 is 0. The predicted molar refractivity (Wildman–Crippen MR) is 63.3 cm³/mol. The number of ether oxygens (including phenoxy) is 1. The first-order valence-electron chi connectivity index (χ1n) is 5.01. The van der Waals surface area contributed by atoms with Crippen molar-refractivity contribution in [1.29, 1.82) is 0 Å². The van der Waals surface area contributed by atoms with Crippen molar-refractivity contribution in [2.75, 3.05) is 5.73 Å². The number of aromatic hydroxyl groups is 1. The molecule has 0 aliphatic heterocycles. The van der Waals surface area contributed by atoms with Crippen LogP contribution in [-0.2, 0) is 6.61 Å². The van der Waals surface area contributed by atoms with Crippen molar-refractivity contribution < 1.29 is 9.84 Å². The molecule has 0 aliphatic rings. The SMILES string of the molecule is Nc1cc(OCc2ccccc2)ccc1O. The van der Waals surface area contributed by atoms with Gasteiger partial charge < -0.3 is 15.6 Å². The summed E-state index contributed by atoms with van der Waals surface area (Å²) in [5.74, 6) is 0.728. The van der Waals surface area contributed by atoms with E-state index >= 15 is 0 Å². The van der Waals surface area contributed by atoms with Crippen LogP contribution in [0.25, 0.3) is 0 Å². The third-order valence-corrected chi connectivity index (χ3v) is 2.25. The van der Waals surface area contributed by atoms with Gasteiger partial charge >= 0.3 is 0 Å². The van der Waals surface area contributed by atoms with Crippen LogP contribution >= 0.6 is 0 Å². The van der Waals surface area contributed by atoms with Crippen molar-refractivity contribution in [3.05, 3.63) is 54.1 Å². The van der Waals surface area contributed by atoms with Crippen molar-refractivity contribution in [2.45, 2.75) is 6.61 Å². The van der Waals surface area contributed by atoms with Gasteiger partial charge in [-0.2, -0.15) is 0 Å². The lowest BCUT2D eigenvalue weighted by Crippen LogP contribution is -1.95. The largest absolute Gasteiger partial charge is 0.506 e. The smallest absolute Gasteiger partial charge is 0.138 e. The van der Waals surface area contributed by atoms with E-state index in [0.717, 1.165) is 5.56 Å². The molecule has 0 amide bonds. The molecule has 0 aromatic heterocycles. The molecule has 0 unspecified atom stereocenters. The normalized spacial score (nSPS) is 10.0. The highest BCUT2D eigenvalue weighted by molar-refractivity contribution is 5.55. The molecule has 3 heteroatoms. The lowest BCUT2D eigenvalue weighted by Gasteiger charge is -2.07. The highest BCUT2D eigenvalue weighted by atomic mass is 16.5. The molecule has 82 valence electrons. The number of nitrogens with two attached hydrogens (primary N) is 1. The average molecular weight is 215 g/mol. The molecule has 0 saturated heterocycles. The lowest BCUT2D eigenvalue weighted by atomic mass is 10.2. The molecule has 0 radical (unpaired) electrons. The topological polar surface area (TPSA) is 55.5 Å². The maximum absolute atomic E-state index is 9.25. The molecule has 0 heterocycles. The van der Waals surface area contributed by atoms with Crippen molar-refractivity contribution >= 4 is 5.69 Å². The van der Waals surface area contributed by atoms with Crippen LogP contribution in [0, 0.1) is 0 Å². The molecule has 0 bridgehead atoms. The first-order valence-corrected chi connectivity index (χ1v) is 5.01. The van der Waals surface area contributed by atoms with Gasteiger partial charge in [-0.05, 0) is 17.7 Å². The van der Waals surface area contributed by atoms with E-state index in [1.165, 1.54) is 6.07 Å². The second-order valence-corrected chi connectivity index (χ2v) is 3.49. The predicted octanol–water partition coefficient (Wildman–Crippen LogP) is 2.55. The van der Waals surface area contributed by atoms with Crippen molar-refractivity contribution in [3.63, 3.8) is 0 Å². The number of phenols is 1. The minimum Gasteiger partial charge on any atom is -0.506 e. The van der Waals surface area contributed by atoms with Crippen molar-refractivity contribution in [1.82, 2.24) is 0 Å². The van der Waals surface area contributed by atoms with Gasteiger partial charge in [-0.1, -0.05) is 30.3 Å². The summed E-state index contributed by atoms with van der Waals surface area (Å²) in [5, 5.41) is 9.25. The lowest BCUT2D eigenvalue weighted by molar-refractivity contribution is 0.306. The number of phenolic OH excluding ortho intramolecular Hbond substituents is 1. The molecule has 0 saturated carbocycles. The zero-order chi connectivity index (χ0) is 11.4. The summed E-state index contributed by atoms with van der Waals surface area (Å²) in [5.41, 5.74) is 6.98. The Morgan fingerprint density at radius 1 is 1.06 bits per heavy atom. The monoisotopic (exact) mass is 215 g/mol. The summed E-state index contributed by atoms with van der Waals surface area (Å²) < 4.78 is 5.54. The van der Waals surface area contributed by atoms with Gasteiger partial charge in [-0.25, -0.2) is 0 Å². The van der Waals surface area contributed by atoms with Crippen LogP contribution in [0.5, 0.6) is 11.5 Å². The first kappa shape index (κ1) is 10.4. The van der Waals surface area contributed by atoms with E-state index in [9.17, 15) is 5.11 Å². The van der Waals surface area contributed by atoms with E-state index in [2.05, 4.69) is 0 Å². The number of anilines is 1. The zero-order valence-corrected chi connectivity index (χ0v) is 8.76. The fourth-order valence-electron chi connectivity index (χ4n) is 1.36. The van der Waals surface area contributed by atoms with Gasteiger partial charge in [0.25, 0.3) is 0 Å². The highest BCUT2D eigenvalue weighted by Gasteiger charge is 1.99. The number of hydrogen-bond acceptors (Lipinski definition) is 3. The fourth-order valence-corrected chi connectivity index (χ4v) is 1.36. The van der Waals surface area contributed by atoms with Crippen LogP contribution in [-0.4, -0.2) is 5.11 Å². The number of hydrogen-bond donors (Lipinski definition) is 2. The molecule has 3 N–H and O–H groups in total. The fraction of sp³-hybridized carbons (Fsp3) is 0.0769. The Morgan fingerprint density at radius 2 is 1.81 bits per heavy atom. The van der Waals surface area contributed by atoms with Crippen LogP contribution in [0.3, 0.4) is 0 Å². The summed E-state index contributed by atoms with van der Waals surface area (Å²) in [6.45, 7) is 0.491. The molecule has 2 rings (SSSR count). The Labute approximate surface area is 94.1 Å². The van der Waals surface area contributed by atoms with Gasteiger partial charge in [0, 0.05) is 6.07 Å². The van der Waals surface area contributed by atoms with Gasteiger partial charge in [0.2, 0.25) is 0 Å². The Bertz CT molecular complexity index is 469. The maximum Gasteiger partial charge on any atom is 0.138 e. The molecule has 0 fully saturated rings. The van der Waals surface area contributed by atoms with Crippen LogP contribution < -0.4 is 10.5 Å². The maximum atomic E-state index is 9.25. The molecule has 16 heavy (non-hydrogen) atoms. The van der Waals surface area contributed by atoms with Gasteiger partial charge in [0.15, 0.2) is 0 Å². The summed E-state index contributed by atoms with van der Waals surface area (Å²) in [7, 11) is 0. The number of benzene rings is 2. The van der Waals surface area contributed by atoms with E-state index < -0.39 is 0 Å². The van der Waals surface area contributed by atoms with E-state index in [1.807, 2.05) is 30.3 Å². The minimum absolute atomic E-state index is 0.0760. The summed E-state index contributed by atoms with van der Waals surface area (Å²) in [6, 6.07) is 14.7. The van der Waals surface area contributed by atoms with E-state index in [-0.39, 0.29) is 5.75 Å². The molecule has 2 aromatic carbocycles. The molecule has 0 spiro atoms. The molecular formula is C13H13NO2. The molecular weight excluding hydrogens is 202 g/mol. The van der Waals surface area contributed by atoms with E-state index in [4.69, 9.17) is 10.5 Å². The number of rotatable bonds is 3. The molecule has 3 nitrogen and oxygen atoms in total. The third-order valence-electron chi connectivity index (χ3n) is 2.25. The average Bonchev–Trinajstić information content (AvgIpc) is 2.32.